The van der Waals surface area contributed by atoms with E-state index in [4.69, 9.17) is 28.9 Å². The molecule has 0 unspecified atom stereocenters. The van der Waals surface area contributed by atoms with E-state index in [9.17, 15) is 4.79 Å². The zero-order valence-corrected chi connectivity index (χ0v) is 13.7. The smallest absolute Gasteiger partial charge is 0.252 e. The van der Waals surface area contributed by atoms with Crippen molar-refractivity contribution in [1.29, 1.82) is 0 Å². The average Bonchev–Trinajstić information content (AvgIpc) is 2.49. The zero-order valence-electron chi connectivity index (χ0n) is 12.2. The Morgan fingerprint density at radius 2 is 1.95 bits per heavy atom. The molecule has 3 N–H and O–H groups in total. The first-order valence-electron chi connectivity index (χ1n) is 6.98. The van der Waals surface area contributed by atoms with Crippen LogP contribution in [0.2, 0.25) is 10.0 Å². The average molecular weight is 338 g/mol. The number of pyridine rings is 1. The van der Waals surface area contributed by atoms with Crippen LogP contribution in [0.1, 0.15) is 28.5 Å². The van der Waals surface area contributed by atoms with Gasteiger partial charge in [-0.3, -0.25) is 4.79 Å². The molecule has 1 aromatic carbocycles. The Morgan fingerprint density at radius 1 is 1.18 bits per heavy atom. The molecule has 1 amide bonds. The van der Waals surface area contributed by atoms with Crippen LogP contribution in [-0.4, -0.2) is 17.4 Å². The van der Waals surface area contributed by atoms with Crippen molar-refractivity contribution in [3.63, 3.8) is 0 Å². The third kappa shape index (κ3) is 4.12. The number of primary amides is 1. The fourth-order valence-electron chi connectivity index (χ4n) is 2.11. The largest absolute Gasteiger partial charge is 0.370 e. The predicted molar refractivity (Wildman–Crippen MR) is 90.8 cm³/mol. The lowest BCUT2D eigenvalue weighted by Gasteiger charge is -2.10. The third-order valence-electron chi connectivity index (χ3n) is 3.22. The molecule has 0 aliphatic heterocycles. The van der Waals surface area contributed by atoms with Crippen molar-refractivity contribution in [3.05, 3.63) is 57.2 Å². The Labute approximate surface area is 139 Å². The number of aromatic nitrogens is 1. The molecule has 2 rings (SSSR count). The third-order valence-corrected chi connectivity index (χ3v) is 3.96. The summed E-state index contributed by atoms with van der Waals surface area (Å²) in [6.45, 7) is 2.61. The number of anilines is 1. The number of halogens is 2. The first kappa shape index (κ1) is 16.6. The van der Waals surface area contributed by atoms with Crippen molar-refractivity contribution in [1.82, 2.24) is 4.98 Å². The van der Waals surface area contributed by atoms with Crippen LogP contribution in [0.15, 0.2) is 30.3 Å². The van der Waals surface area contributed by atoms with Crippen molar-refractivity contribution in [3.8, 4) is 0 Å². The topological polar surface area (TPSA) is 68.0 Å². The number of nitrogens with zero attached hydrogens (tertiary/aromatic N) is 1. The number of rotatable bonds is 6. The number of carbonyl (C=O) groups excluding carboxylic acids is 1. The van der Waals surface area contributed by atoms with Crippen LogP contribution < -0.4 is 11.1 Å². The van der Waals surface area contributed by atoms with Gasteiger partial charge in [-0.1, -0.05) is 29.3 Å². The van der Waals surface area contributed by atoms with E-state index in [1.54, 1.807) is 12.1 Å². The molecule has 6 heteroatoms. The van der Waals surface area contributed by atoms with Gasteiger partial charge in [0.05, 0.1) is 15.6 Å². The minimum Gasteiger partial charge on any atom is -0.370 e. The zero-order chi connectivity index (χ0) is 16.1. The van der Waals surface area contributed by atoms with E-state index < -0.39 is 5.91 Å². The number of nitrogens with one attached hydrogen (secondary N) is 1. The number of hydrogen-bond donors (Lipinski definition) is 2. The number of nitrogens with two attached hydrogens (primary N) is 1. The van der Waals surface area contributed by atoms with Crippen LogP contribution in [0.4, 0.5) is 5.82 Å². The Kier molecular flexibility index (Phi) is 5.63. The molecule has 0 aliphatic rings. The summed E-state index contributed by atoms with van der Waals surface area (Å²) in [6.07, 6.45) is 1.51. The second-order valence-corrected chi connectivity index (χ2v) is 5.66. The maximum Gasteiger partial charge on any atom is 0.252 e. The van der Waals surface area contributed by atoms with Crippen molar-refractivity contribution in [2.45, 2.75) is 19.8 Å². The summed E-state index contributed by atoms with van der Waals surface area (Å²) in [6, 6.07) is 9.10. The molecule has 0 saturated carbocycles. The molecule has 0 aliphatic carbocycles. The summed E-state index contributed by atoms with van der Waals surface area (Å²) in [5.41, 5.74) is 7.71. The highest BCUT2D eigenvalue weighted by atomic mass is 35.5. The number of hydrogen-bond acceptors (Lipinski definition) is 3. The highest BCUT2D eigenvalue weighted by molar-refractivity contribution is 6.42. The summed E-state index contributed by atoms with van der Waals surface area (Å²) in [4.78, 5) is 15.8. The fraction of sp³-hybridized carbons (Fsp3) is 0.250. The van der Waals surface area contributed by atoms with Gasteiger partial charge in [-0.15, -0.1) is 0 Å². The molecular weight excluding hydrogens is 321 g/mol. The second-order valence-electron chi connectivity index (χ2n) is 4.84. The van der Waals surface area contributed by atoms with E-state index in [0.717, 1.165) is 24.1 Å². The fourth-order valence-corrected chi connectivity index (χ4v) is 2.43. The number of amides is 1. The van der Waals surface area contributed by atoms with Crippen molar-refractivity contribution in [2.24, 2.45) is 5.73 Å². The molecule has 1 aromatic heterocycles. The number of carbonyl (C=O) groups is 1. The lowest BCUT2D eigenvalue weighted by atomic mass is 10.1. The lowest BCUT2D eigenvalue weighted by molar-refractivity contribution is 0.100. The van der Waals surface area contributed by atoms with E-state index >= 15 is 0 Å². The van der Waals surface area contributed by atoms with Crippen molar-refractivity contribution >= 4 is 34.9 Å². The van der Waals surface area contributed by atoms with E-state index in [0.29, 0.717) is 28.0 Å². The summed E-state index contributed by atoms with van der Waals surface area (Å²) >= 11 is 11.9. The van der Waals surface area contributed by atoms with Gasteiger partial charge in [0.1, 0.15) is 5.82 Å². The SMILES string of the molecule is CCNc1nc(CCc2ccc(Cl)c(Cl)c2)ccc1C(N)=O. The molecule has 4 nitrogen and oxygen atoms in total. The van der Waals surface area contributed by atoms with Gasteiger partial charge >= 0.3 is 0 Å². The van der Waals surface area contributed by atoms with E-state index in [2.05, 4.69) is 10.3 Å². The van der Waals surface area contributed by atoms with Crippen molar-refractivity contribution in [2.75, 3.05) is 11.9 Å². The van der Waals surface area contributed by atoms with Gasteiger partial charge in [0, 0.05) is 12.2 Å². The maximum absolute atomic E-state index is 11.4. The molecule has 22 heavy (non-hydrogen) atoms. The van der Waals surface area contributed by atoms with Crippen LogP contribution in [0.25, 0.3) is 0 Å². The van der Waals surface area contributed by atoms with E-state index in [1.165, 1.54) is 0 Å². The van der Waals surface area contributed by atoms with E-state index in [-0.39, 0.29) is 0 Å². The van der Waals surface area contributed by atoms with Gasteiger partial charge in [0.25, 0.3) is 5.91 Å². The molecule has 116 valence electrons. The summed E-state index contributed by atoms with van der Waals surface area (Å²) in [7, 11) is 0. The van der Waals surface area contributed by atoms with Gasteiger partial charge in [-0.25, -0.2) is 4.98 Å². The molecule has 1 heterocycles. The Bertz CT molecular complexity index is 689. The second kappa shape index (κ2) is 7.47. The molecule has 0 atom stereocenters. The summed E-state index contributed by atoms with van der Waals surface area (Å²) in [5, 5.41) is 4.15. The molecule has 0 spiro atoms. The van der Waals surface area contributed by atoms with Gasteiger partial charge in [0.15, 0.2) is 0 Å². The van der Waals surface area contributed by atoms with Crippen LogP contribution in [-0.2, 0) is 12.8 Å². The van der Waals surface area contributed by atoms with Gasteiger partial charge in [-0.05, 0) is 49.6 Å². The minimum absolute atomic E-state index is 0.403. The molecule has 0 fully saturated rings. The minimum atomic E-state index is -0.487. The predicted octanol–water partition coefficient (Wildman–Crippen LogP) is 3.70. The molecule has 0 bridgehead atoms. The number of aryl methyl sites for hydroxylation is 2. The molecule has 0 radical (unpaired) electrons. The van der Waals surface area contributed by atoms with E-state index in [1.807, 2.05) is 25.1 Å². The normalized spacial score (nSPS) is 10.5. The van der Waals surface area contributed by atoms with Crippen LogP contribution in [0, 0.1) is 0 Å². The molecule has 0 saturated heterocycles. The highest BCUT2D eigenvalue weighted by Gasteiger charge is 2.10. The standard InChI is InChI=1S/C16H17Cl2N3O/c1-2-20-16-12(15(19)22)7-6-11(21-16)5-3-10-4-8-13(17)14(18)9-10/h4,6-9H,2-3,5H2,1H3,(H2,19,22)(H,20,21). The Balaban J connectivity index is 2.14. The Hall–Kier alpha value is -1.78. The molecular formula is C16H17Cl2N3O. The number of benzene rings is 1. The quantitative estimate of drug-likeness (QED) is 0.844. The lowest BCUT2D eigenvalue weighted by Crippen LogP contribution is -2.16. The van der Waals surface area contributed by atoms with Gasteiger partial charge in [-0.2, -0.15) is 0 Å². The maximum atomic E-state index is 11.4. The van der Waals surface area contributed by atoms with Crippen LogP contribution in [0.3, 0.4) is 0 Å². The highest BCUT2D eigenvalue weighted by Crippen LogP contribution is 2.23. The van der Waals surface area contributed by atoms with Crippen LogP contribution in [0.5, 0.6) is 0 Å². The van der Waals surface area contributed by atoms with Gasteiger partial charge < -0.3 is 11.1 Å². The Morgan fingerprint density at radius 3 is 2.59 bits per heavy atom. The monoisotopic (exact) mass is 337 g/mol. The summed E-state index contributed by atoms with van der Waals surface area (Å²) in [5.74, 6) is 0.0427. The summed E-state index contributed by atoms with van der Waals surface area (Å²) < 4.78 is 0. The molecule has 2 aromatic rings. The first-order chi connectivity index (χ1) is 10.5. The first-order valence-corrected chi connectivity index (χ1v) is 7.74. The van der Waals surface area contributed by atoms with Crippen LogP contribution >= 0.6 is 23.2 Å². The van der Waals surface area contributed by atoms with Gasteiger partial charge in [0.2, 0.25) is 0 Å². The van der Waals surface area contributed by atoms with Crippen molar-refractivity contribution < 1.29 is 4.79 Å².